The van der Waals surface area contributed by atoms with Gasteiger partial charge in [0.05, 0.1) is 27.7 Å². The summed E-state index contributed by atoms with van der Waals surface area (Å²) in [6, 6.07) is 12.0. The minimum absolute atomic E-state index is 0.228. The Morgan fingerprint density at radius 1 is 1.11 bits per heavy atom. The van der Waals surface area contributed by atoms with E-state index < -0.39 is 9.84 Å². The molecule has 7 heteroatoms. The predicted molar refractivity (Wildman–Crippen MR) is 102 cm³/mol. The summed E-state index contributed by atoms with van der Waals surface area (Å²) in [4.78, 5) is 17.2. The molecule has 0 aliphatic carbocycles. The molecule has 140 valence electrons. The summed E-state index contributed by atoms with van der Waals surface area (Å²) in [6.07, 6.45) is 1.15. The number of halogens is 1. The van der Waals surface area contributed by atoms with Crippen LogP contribution in [0.1, 0.15) is 34.6 Å². The Balaban J connectivity index is 1.83. The third kappa shape index (κ3) is 4.14. The molecular weight excluding hydrogens is 367 g/mol. The lowest BCUT2D eigenvalue weighted by Crippen LogP contribution is -2.27. The van der Waals surface area contributed by atoms with Gasteiger partial charge in [-0.25, -0.2) is 12.8 Å². The number of carbonyl (C=O) groups is 1. The Bertz CT molecular complexity index is 1130. The van der Waals surface area contributed by atoms with Gasteiger partial charge in [0.15, 0.2) is 9.84 Å². The number of fused-ring (bicyclic) bond motifs is 1. The predicted octanol–water partition coefficient (Wildman–Crippen LogP) is 3.58. The highest BCUT2D eigenvalue weighted by Crippen LogP contribution is 2.20. The lowest BCUT2D eigenvalue weighted by Gasteiger charge is -2.16. The molecule has 1 unspecified atom stereocenters. The minimum Gasteiger partial charge on any atom is -0.345 e. The molecule has 1 heterocycles. The molecule has 0 radical (unpaired) electrons. The monoisotopic (exact) mass is 386 g/mol. The SMILES string of the molecule is Cc1nc2cc(F)ccc2cc1C(=O)NC(C)c1ccc(S(C)(=O)=O)cc1. The Morgan fingerprint density at radius 3 is 2.41 bits per heavy atom. The summed E-state index contributed by atoms with van der Waals surface area (Å²) < 4.78 is 36.4. The third-order valence-corrected chi connectivity index (χ3v) is 5.50. The highest BCUT2D eigenvalue weighted by atomic mass is 32.2. The molecule has 3 aromatic rings. The van der Waals surface area contributed by atoms with Crippen molar-refractivity contribution >= 4 is 26.6 Å². The van der Waals surface area contributed by atoms with E-state index in [0.29, 0.717) is 22.2 Å². The molecule has 1 atom stereocenters. The fraction of sp³-hybridized carbons (Fsp3) is 0.200. The van der Waals surface area contributed by atoms with Crippen LogP contribution in [0.2, 0.25) is 0 Å². The van der Waals surface area contributed by atoms with Crippen LogP contribution in [0.25, 0.3) is 10.9 Å². The van der Waals surface area contributed by atoms with Crippen molar-refractivity contribution in [1.82, 2.24) is 10.3 Å². The molecule has 0 spiro atoms. The summed E-state index contributed by atoms with van der Waals surface area (Å²) >= 11 is 0. The van der Waals surface area contributed by atoms with E-state index in [2.05, 4.69) is 10.3 Å². The van der Waals surface area contributed by atoms with Crippen LogP contribution in [0.5, 0.6) is 0 Å². The van der Waals surface area contributed by atoms with Gasteiger partial charge < -0.3 is 5.32 Å². The van der Waals surface area contributed by atoms with Crippen molar-refractivity contribution < 1.29 is 17.6 Å². The number of rotatable bonds is 4. The van der Waals surface area contributed by atoms with Crippen LogP contribution in [0.4, 0.5) is 4.39 Å². The molecule has 27 heavy (non-hydrogen) atoms. The van der Waals surface area contributed by atoms with Crippen LogP contribution in [-0.4, -0.2) is 25.6 Å². The second kappa shape index (κ2) is 7.08. The molecule has 2 aromatic carbocycles. The number of hydrogen-bond acceptors (Lipinski definition) is 4. The average molecular weight is 386 g/mol. The van der Waals surface area contributed by atoms with E-state index in [1.807, 2.05) is 6.92 Å². The molecule has 1 amide bonds. The van der Waals surface area contributed by atoms with Crippen LogP contribution < -0.4 is 5.32 Å². The number of aromatic nitrogens is 1. The fourth-order valence-corrected chi connectivity index (χ4v) is 3.46. The first-order chi connectivity index (χ1) is 12.6. The van der Waals surface area contributed by atoms with Gasteiger partial charge in [-0.05, 0) is 49.7 Å². The smallest absolute Gasteiger partial charge is 0.253 e. The number of nitrogens with zero attached hydrogens (tertiary/aromatic N) is 1. The van der Waals surface area contributed by atoms with E-state index in [1.165, 1.54) is 24.3 Å². The molecule has 5 nitrogen and oxygen atoms in total. The number of benzene rings is 2. The normalized spacial score (nSPS) is 12.7. The summed E-state index contributed by atoms with van der Waals surface area (Å²) in [6.45, 7) is 3.51. The first-order valence-electron chi connectivity index (χ1n) is 8.33. The number of hydrogen-bond donors (Lipinski definition) is 1. The number of sulfone groups is 1. The Kier molecular flexibility index (Phi) is 4.97. The minimum atomic E-state index is -3.26. The van der Waals surface area contributed by atoms with Gasteiger partial charge in [0.1, 0.15) is 5.82 Å². The van der Waals surface area contributed by atoms with Crippen molar-refractivity contribution in [2.75, 3.05) is 6.26 Å². The van der Waals surface area contributed by atoms with Gasteiger partial charge in [0.2, 0.25) is 0 Å². The van der Waals surface area contributed by atoms with Crippen molar-refractivity contribution in [3.05, 3.63) is 71.2 Å². The van der Waals surface area contributed by atoms with Crippen molar-refractivity contribution in [3.8, 4) is 0 Å². The summed E-state index contributed by atoms with van der Waals surface area (Å²) in [5.41, 5.74) is 2.19. The lowest BCUT2D eigenvalue weighted by molar-refractivity contribution is 0.0939. The molecule has 1 N–H and O–H groups in total. The van der Waals surface area contributed by atoms with Crippen LogP contribution in [0, 0.1) is 12.7 Å². The van der Waals surface area contributed by atoms with Crippen molar-refractivity contribution in [2.45, 2.75) is 24.8 Å². The van der Waals surface area contributed by atoms with Gasteiger partial charge in [-0.2, -0.15) is 0 Å². The highest BCUT2D eigenvalue weighted by Gasteiger charge is 2.16. The first kappa shape index (κ1) is 19.0. The zero-order valence-electron chi connectivity index (χ0n) is 15.2. The maximum absolute atomic E-state index is 13.3. The van der Waals surface area contributed by atoms with Gasteiger partial charge >= 0.3 is 0 Å². The molecule has 0 aliphatic rings. The second-order valence-corrected chi connectivity index (χ2v) is 8.51. The van der Waals surface area contributed by atoms with Gasteiger partial charge in [-0.15, -0.1) is 0 Å². The average Bonchev–Trinajstić information content (AvgIpc) is 2.60. The number of pyridine rings is 1. The molecular formula is C20H19FN2O3S. The molecule has 0 saturated heterocycles. The molecule has 0 fully saturated rings. The van der Waals surface area contributed by atoms with E-state index >= 15 is 0 Å². The lowest BCUT2D eigenvalue weighted by atomic mass is 10.1. The van der Waals surface area contributed by atoms with Crippen molar-refractivity contribution in [3.63, 3.8) is 0 Å². The van der Waals surface area contributed by atoms with E-state index in [1.54, 1.807) is 31.2 Å². The highest BCUT2D eigenvalue weighted by molar-refractivity contribution is 7.90. The summed E-state index contributed by atoms with van der Waals surface area (Å²) in [5, 5.41) is 3.56. The number of amides is 1. The summed E-state index contributed by atoms with van der Waals surface area (Å²) in [7, 11) is -3.26. The molecule has 1 aromatic heterocycles. The first-order valence-corrected chi connectivity index (χ1v) is 10.2. The van der Waals surface area contributed by atoms with Gasteiger partial charge in [-0.3, -0.25) is 9.78 Å². The van der Waals surface area contributed by atoms with E-state index in [-0.39, 0.29) is 22.7 Å². The number of carbonyl (C=O) groups excluding carboxylic acids is 1. The maximum atomic E-state index is 13.3. The molecule has 0 saturated carbocycles. The topological polar surface area (TPSA) is 76.1 Å². The van der Waals surface area contributed by atoms with Crippen molar-refractivity contribution in [2.24, 2.45) is 0 Å². The molecule has 0 aliphatic heterocycles. The summed E-state index contributed by atoms with van der Waals surface area (Å²) in [5.74, 6) is -0.677. The van der Waals surface area contributed by atoms with Crippen LogP contribution >= 0.6 is 0 Å². The Labute approximate surface area is 157 Å². The quantitative estimate of drug-likeness (QED) is 0.744. The number of aryl methyl sites for hydroxylation is 1. The Hall–Kier alpha value is -2.80. The van der Waals surface area contributed by atoms with Crippen LogP contribution in [-0.2, 0) is 9.84 Å². The maximum Gasteiger partial charge on any atom is 0.253 e. The van der Waals surface area contributed by atoms with Gasteiger partial charge in [0.25, 0.3) is 5.91 Å². The van der Waals surface area contributed by atoms with E-state index in [4.69, 9.17) is 0 Å². The van der Waals surface area contributed by atoms with Gasteiger partial charge in [0, 0.05) is 17.7 Å². The zero-order valence-corrected chi connectivity index (χ0v) is 16.0. The number of nitrogens with one attached hydrogen (secondary N) is 1. The Morgan fingerprint density at radius 2 is 1.78 bits per heavy atom. The largest absolute Gasteiger partial charge is 0.345 e. The van der Waals surface area contributed by atoms with Crippen LogP contribution in [0.3, 0.4) is 0 Å². The third-order valence-electron chi connectivity index (χ3n) is 4.37. The standard InChI is InChI=1S/C20H19FN2O3S/c1-12(14-5-8-17(9-6-14)27(3,25)26)23-20(24)18-10-15-4-7-16(21)11-19(15)22-13(18)2/h4-12H,1-3H3,(H,23,24). The van der Waals surface area contributed by atoms with E-state index in [0.717, 1.165) is 11.8 Å². The molecule has 0 bridgehead atoms. The van der Waals surface area contributed by atoms with Gasteiger partial charge in [-0.1, -0.05) is 12.1 Å². The van der Waals surface area contributed by atoms with Crippen molar-refractivity contribution in [1.29, 1.82) is 0 Å². The zero-order chi connectivity index (χ0) is 19.8. The van der Waals surface area contributed by atoms with E-state index in [9.17, 15) is 17.6 Å². The fourth-order valence-electron chi connectivity index (χ4n) is 2.83. The molecule has 3 rings (SSSR count). The second-order valence-electron chi connectivity index (χ2n) is 6.49. The van der Waals surface area contributed by atoms with Crippen LogP contribution in [0.15, 0.2) is 53.4 Å².